The van der Waals surface area contributed by atoms with Gasteiger partial charge in [0.25, 0.3) is 5.69 Å². The second-order valence-corrected chi connectivity index (χ2v) is 5.82. The van der Waals surface area contributed by atoms with Gasteiger partial charge in [0.15, 0.2) is 0 Å². The number of urea groups is 1. The Bertz CT molecular complexity index is 760. The van der Waals surface area contributed by atoms with Crippen LogP contribution in [0, 0.1) is 17.0 Å². The van der Waals surface area contributed by atoms with Crippen molar-refractivity contribution in [1.29, 1.82) is 0 Å². The van der Waals surface area contributed by atoms with Gasteiger partial charge in [-0.05, 0) is 38.0 Å². The Kier molecular flexibility index (Phi) is 4.41. The van der Waals surface area contributed by atoms with Crippen LogP contribution in [0.1, 0.15) is 24.1 Å². The molecule has 3 rings (SSSR count). The van der Waals surface area contributed by atoms with E-state index < -0.39 is 4.92 Å². The first-order valence-electron chi connectivity index (χ1n) is 7.78. The second kappa shape index (κ2) is 6.66. The van der Waals surface area contributed by atoms with Crippen LogP contribution in [-0.4, -0.2) is 26.9 Å². The summed E-state index contributed by atoms with van der Waals surface area (Å²) in [5.74, 6) is 0. The molecule has 0 atom stereocenters. The number of nitrogens with one attached hydrogen (secondary N) is 1. The molecule has 0 spiro atoms. The van der Waals surface area contributed by atoms with Crippen LogP contribution in [0.4, 0.5) is 16.2 Å². The molecule has 1 aromatic carbocycles. The number of pyridine rings is 1. The predicted molar refractivity (Wildman–Crippen MR) is 89.7 cm³/mol. The highest BCUT2D eigenvalue weighted by Gasteiger charge is 2.33. The lowest BCUT2D eigenvalue weighted by Crippen LogP contribution is -2.36. The van der Waals surface area contributed by atoms with Crippen LogP contribution in [-0.2, 0) is 6.54 Å². The van der Waals surface area contributed by atoms with Crippen molar-refractivity contribution in [2.45, 2.75) is 32.4 Å². The van der Waals surface area contributed by atoms with E-state index in [-0.39, 0.29) is 17.8 Å². The molecule has 0 saturated heterocycles. The van der Waals surface area contributed by atoms with Gasteiger partial charge in [-0.1, -0.05) is 12.1 Å². The van der Waals surface area contributed by atoms with Crippen LogP contribution in [0.3, 0.4) is 0 Å². The van der Waals surface area contributed by atoms with Gasteiger partial charge in [0.2, 0.25) is 0 Å². The third kappa shape index (κ3) is 3.51. The SMILES string of the molecule is Cc1c(NC(=O)N(Cc2ccccn2)C2CC2)cccc1[N+](=O)[O-]. The van der Waals surface area contributed by atoms with Crippen LogP contribution >= 0.6 is 0 Å². The number of hydrogen-bond donors (Lipinski definition) is 1. The zero-order valence-electron chi connectivity index (χ0n) is 13.3. The first-order chi connectivity index (χ1) is 11.6. The molecule has 1 aromatic heterocycles. The smallest absolute Gasteiger partial charge is 0.316 e. The van der Waals surface area contributed by atoms with Crippen molar-refractivity contribution in [2.24, 2.45) is 0 Å². The van der Waals surface area contributed by atoms with Gasteiger partial charge in [-0.25, -0.2) is 4.79 Å². The zero-order chi connectivity index (χ0) is 17.1. The van der Waals surface area contributed by atoms with E-state index in [2.05, 4.69) is 10.3 Å². The maximum atomic E-state index is 12.6. The second-order valence-electron chi connectivity index (χ2n) is 5.82. The summed E-state index contributed by atoms with van der Waals surface area (Å²) in [7, 11) is 0. The molecule has 7 nitrogen and oxygen atoms in total. The fraction of sp³-hybridized carbons (Fsp3) is 0.294. The first-order valence-corrected chi connectivity index (χ1v) is 7.78. The lowest BCUT2D eigenvalue weighted by Gasteiger charge is -2.23. The van der Waals surface area contributed by atoms with E-state index in [1.165, 1.54) is 6.07 Å². The van der Waals surface area contributed by atoms with Crippen molar-refractivity contribution < 1.29 is 9.72 Å². The number of carbonyl (C=O) groups is 1. The van der Waals surface area contributed by atoms with Crippen molar-refractivity contribution in [3.05, 3.63) is 64.0 Å². The topological polar surface area (TPSA) is 88.4 Å². The zero-order valence-corrected chi connectivity index (χ0v) is 13.3. The summed E-state index contributed by atoms with van der Waals surface area (Å²) >= 11 is 0. The van der Waals surface area contributed by atoms with Gasteiger partial charge in [-0.3, -0.25) is 15.1 Å². The molecule has 124 valence electrons. The molecule has 0 bridgehead atoms. The fourth-order valence-corrected chi connectivity index (χ4v) is 2.56. The van der Waals surface area contributed by atoms with E-state index in [0.29, 0.717) is 17.8 Å². The quantitative estimate of drug-likeness (QED) is 0.673. The Morgan fingerprint density at radius 3 is 2.75 bits per heavy atom. The number of nitrogens with zero attached hydrogens (tertiary/aromatic N) is 3. The van der Waals surface area contributed by atoms with Crippen molar-refractivity contribution in [2.75, 3.05) is 5.32 Å². The van der Waals surface area contributed by atoms with Crippen molar-refractivity contribution >= 4 is 17.4 Å². The third-order valence-electron chi connectivity index (χ3n) is 4.05. The summed E-state index contributed by atoms with van der Waals surface area (Å²) < 4.78 is 0. The Labute approximate surface area is 139 Å². The lowest BCUT2D eigenvalue weighted by molar-refractivity contribution is -0.385. The van der Waals surface area contributed by atoms with E-state index in [0.717, 1.165) is 18.5 Å². The number of carbonyl (C=O) groups excluding carboxylic acids is 1. The normalized spacial score (nSPS) is 13.4. The van der Waals surface area contributed by atoms with Crippen LogP contribution < -0.4 is 5.32 Å². The number of benzene rings is 1. The molecule has 0 aliphatic heterocycles. The van der Waals surface area contributed by atoms with Crippen LogP contribution in [0.25, 0.3) is 0 Å². The standard InChI is InChI=1S/C17H18N4O3/c1-12-15(6-4-7-16(12)21(23)24)19-17(22)20(14-8-9-14)11-13-5-2-3-10-18-13/h2-7,10,14H,8-9,11H2,1H3,(H,19,22). The minimum Gasteiger partial charge on any atom is -0.316 e. The monoisotopic (exact) mass is 326 g/mol. The summed E-state index contributed by atoms with van der Waals surface area (Å²) in [4.78, 5) is 29.2. The summed E-state index contributed by atoms with van der Waals surface area (Å²) in [5.41, 5.74) is 1.72. The molecular weight excluding hydrogens is 308 g/mol. The highest BCUT2D eigenvalue weighted by atomic mass is 16.6. The number of hydrogen-bond acceptors (Lipinski definition) is 4. The molecule has 0 unspecified atom stereocenters. The number of nitro groups is 1. The van der Waals surface area contributed by atoms with Crippen molar-refractivity contribution in [3.63, 3.8) is 0 Å². The Morgan fingerprint density at radius 1 is 1.33 bits per heavy atom. The van der Waals surface area contributed by atoms with E-state index in [4.69, 9.17) is 0 Å². The Morgan fingerprint density at radius 2 is 2.12 bits per heavy atom. The minimum atomic E-state index is -0.447. The van der Waals surface area contributed by atoms with E-state index in [1.54, 1.807) is 30.2 Å². The van der Waals surface area contributed by atoms with Crippen LogP contribution in [0.5, 0.6) is 0 Å². The number of aromatic nitrogens is 1. The van der Waals surface area contributed by atoms with Crippen LogP contribution in [0.15, 0.2) is 42.6 Å². The summed E-state index contributed by atoms with van der Waals surface area (Å²) in [6.07, 6.45) is 3.63. The summed E-state index contributed by atoms with van der Waals surface area (Å²) in [6.45, 7) is 2.05. The molecule has 1 heterocycles. The maximum Gasteiger partial charge on any atom is 0.322 e. The van der Waals surface area contributed by atoms with Gasteiger partial charge >= 0.3 is 6.03 Å². The van der Waals surface area contributed by atoms with E-state index >= 15 is 0 Å². The molecule has 24 heavy (non-hydrogen) atoms. The van der Waals surface area contributed by atoms with Gasteiger partial charge in [0, 0.05) is 18.3 Å². The van der Waals surface area contributed by atoms with Crippen molar-refractivity contribution in [1.82, 2.24) is 9.88 Å². The van der Waals surface area contributed by atoms with Crippen molar-refractivity contribution in [3.8, 4) is 0 Å². The summed E-state index contributed by atoms with van der Waals surface area (Å²) in [5, 5.41) is 13.8. The van der Waals surface area contributed by atoms with E-state index in [1.807, 2.05) is 18.2 Å². The number of rotatable bonds is 5. The van der Waals surface area contributed by atoms with E-state index in [9.17, 15) is 14.9 Å². The molecular formula is C17H18N4O3. The van der Waals surface area contributed by atoms with Gasteiger partial charge in [0.05, 0.1) is 28.4 Å². The number of nitro benzene ring substituents is 1. The number of amides is 2. The van der Waals surface area contributed by atoms with Crippen LogP contribution in [0.2, 0.25) is 0 Å². The molecule has 0 radical (unpaired) electrons. The fourth-order valence-electron chi connectivity index (χ4n) is 2.56. The largest absolute Gasteiger partial charge is 0.322 e. The molecule has 2 amide bonds. The average Bonchev–Trinajstić information content (AvgIpc) is 3.40. The van der Waals surface area contributed by atoms with Gasteiger partial charge in [0.1, 0.15) is 0 Å². The highest BCUT2D eigenvalue weighted by Crippen LogP contribution is 2.30. The summed E-state index contributed by atoms with van der Waals surface area (Å²) in [6, 6.07) is 10.2. The van der Waals surface area contributed by atoms with Gasteiger partial charge in [-0.2, -0.15) is 0 Å². The molecule has 1 fully saturated rings. The molecule has 1 N–H and O–H groups in total. The molecule has 1 saturated carbocycles. The van der Waals surface area contributed by atoms with Gasteiger partial charge < -0.3 is 10.2 Å². The highest BCUT2D eigenvalue weighted by molar-refractivity contribution is 5.91. The number of anilines is 1. The third-order valence-corrected chi connectivity index (χ3v) is 4.05. The molecule has 2 aromatic rings. The Balaban J connectivity index is 1.77. The first kappa shape index (κ1) is 15.9. The van der Waals surface area contributed by atoms with Gasteiger partial charge in [-0.15, -0.1) is 0 Å². The minimum absolute atomic E-state index is 0.00417. The molecule has 7 heteroatoms. The Hall–Kier alpha value is -2.96. The lowest BCUT2D eigenvalue weighted by atomic mass is 10.1. The average molecular weight is 326 g/mol. The molecule has 1 aliphatic rings. The maximum absolute atomic E-state index is 12.6. The predicted octanol–water partition coefficient (Wildman–Crippen LogP) is 3.49. The molecule has 1 aliphatic carbocycles.